The van der Waals surface area contributed by atoms with Crippen molar-refractivity contribution in [3.8, 4) is 16.9 Å². The minimum atomic E-state index is -1.04. The number of alkyl halides is 2. The van der Waals surface area contributed by atoms with E-state index in [0.717, 1.165) is 18.6 Å². The minimum Gasteiger partial charge on any atom is -0.463 e. The molecule has 40 heavy (non-hydrogen) atoms. The van der Waals surface area contributed by atoms with E-state index < -0.39 is 8.15 Å². The number of halogens is 2. The third-order valence-electron chi connectivity index (χ3n) is 9.01. The van der Waals surface area contributed by atoms with Gasteiger partial charge in [0, 0.05) is 29.6 Å². The summed E-state index contributed by atoms with van der Waals surface area (Å²) < 4.78 is 8.43. The number of fused-ring (bicyclic) bond motifs is 3. The van der Waals surface area contributed by atoms with Crippen LogP contribution in [0.2, 0.25) is 0 Å². The zero-order valence-corrected chi connectivity index (χ0v) is 30.9. The van der Waals surface area contributed by atoms with Crippen LogP contribution in [0.4, 0.5) is 0 Å². The molecule has 0 aromatic heterocycles. The highest BCUT2D eigenvalue weighted by atomic mass is 127. The summed E-state index contributed by atoms with van der Waals surface area (Å²) in [4.78, 5) is 0. The van der Waals surface area contributed by atoms with Gasteiger partial charge < -0.3 is 4.52 Å². The van der Waals surface area contributed by atoms with Crippen molar-refractivity contribution in [1.29, 1.82) is 0 Å². The molecule has 3 unspecified atom stereocenters. The molecular formula is C36H47I2OP. The smallest absolute Gasteiger partial charge is 0.152 e. The summed E-state index contributed by atoms with van der Waals surface area (Å²) in [6, 6.07) is 21.2. The molecule has 0 N–H and O–H groups in total. The van der Waals surface area contributed by atoms with Gasteiger partial charge >= 0.3 is 0 Å². The van der Waals surface area contributed by atoms with Crippen molar-refractivity contribution in [3.05, 3.63) is 76.9 Å². The second kappa shape index (κ2) is 13.3. The van der Waals surface area contributed by atoms with Gasteiger partial charge in [-0.1, -0.05) is 168 Å². The van der Waals surface area contributed by atoms with Gasteiger partial charge in [0.25, 0.3) is 0 Å². The molecule has 0 radical (unpaired) electrons. The molecule has 3 aromatic carbocycles. The van der Waals surface area contributed by atoms with Crippen LogP contribution in [0.1, 0.15) is 124 Å². The van der Waals surface area contributed by atoms with E-state index >= 15 is 0 Å². The molecule has 3 aromatic rings. The second-order valence-corrected chi connectivity index (χ2v) is 17.3. The van der Waals surface area contributed by atoms with Crippen molar-refractivity contribution >= 4 is 63.9 Å². The average molecular weight is 781 g/mol. The Kier molecular flexibility index (Phi) is 10.8. The average Bonchev–Trinajstić information content (AvgIpc) is 2.95. The van der Waals surface area contributed by atoms with Crippen molar-refractivity contribution in [3.63, 3.8) is 0 Å². The molecular weight excluding hydrogens is 733 g/mol. The molecule has 1 nitrogen and oxygen atoms in total. The second-order valence-electron chi connectivity index (χ2n) is 12.6. The van der Waals surface area contributed by atoms with Gasteiger partial charge in [-0.3, -0.25) is 0 Å². The van der Waals surface area contributed by atoms with Gasteiger partial charge in [0.2, 0.25) is 0 Å². The highest BCUT2D eigenvalue weighted by Crippen LogP contribution is 2.55. The van der Waals surface area contributed by atoms with E-state index in [1.165, 1.54) is 69.7 Å². The van der Waals surface area contributed by atoms with E-state index in [1.807, 2.05) is 0 Å². The molecule has 4 rings (SSSR count). The maximum absolute atomic E-state index is 7.42. The topological polar surface area (TPSA) is 9.23 Å². The zero-order chi connectivity index (χ0) is 29.2. The monoisotopic (exact) mass is 780 g/mol. The van der Waals surface area contributed by atoms with Crippen LogP contribution in [-0.4, -0.2) is 0 Å². The van der Waals surface area contributed by atoms with Crippen molar-refractivity contribution in [2.24, 2.45) is 0 Å². The molecule has 0 bridgehead atoms. The summed E-state index contributed by atoms with van der Waals surface area (Å²) in [5, 5.41) is 2.83. The van der Waals surface area contributed by atoms with Crippen LogP contribution in [-0.2, 0) is 10.8 Å². The van der Waals surface area contributed by atoms with Gasteiger partial charge in [0.15, 0.2) is 8.15 Å². The fraction of sp³-hybridized carbons (Fsp3) is 0.500. The Balaban J connectivity index is 2.04. The molecule has 216 valence electrons. The van der Waals surface area contributed by atoms with Crippen molar-refractivity contribution in [2.75, 3.05) is 0 Å². The Bertz CT molecular complexity index is 1330. The first kappa shape index (κ1) is 32.3. The van der Waals surface area contributed by atoms with Gasteiger partial charge in [-0.15, -0.1) is 0 Å². The van der Waals surface area contributed by atoms with Gasteiger partial charge in [0.1, 0.15) is 5.75 Å². The van der Waals surface area contributed by atoms with E-state index in [1.54, 1.807) is 0 Å². The van der Waals surface area contributed by atoms with Crippen molar-refractivity contribution in [2.45, 2.75) is 113 Å². The Morgan fingerprint density at radius 3 is 1.93 bits per heavy atom. The van der Waals surface area contributed by atoms with Crippen LogP contribution in [0.25, 0.3) is 11.1 Å². The van der Waals surface area contributed by atoms with Crippen LogP contribution < -0.4 is 15.1 Å². The number of benzene rings is 3. The number of para-hydroxylation sites is 1. The van der Waals surface area contributed by atoms with E-state index in [9.17, 15) is 0 Å². The van der Waals surface area contributed by atoms with Crippen LogP contribution in [0.15, 0.2) is 54.6 Å². The molecule has 3 atom stereocenters. The lowest BCUT2D eigenvalue weighted by Gasteiger charge is -2.38. The molecule has 0 aliphatic carbocycles. The first-order valence-corrected chi connectivity index (χ1v) is 18.9. The normalized spacial score (nSPS) is 16.6. The number of hydrogen-bond acceptors (Lipinski definition) is 1. The third-order valence-corrected chi connectivity index (χ3v) is 13.7. The molecule has 0 spiro atoms. The maximum Gasteiger partial charge on any atom is 0.152 e. The summed E-state index contributed by atoms with van der Waals surface area (Å²) in [5.41, 5.74) is 8.45. The Morgan fingerprint density at radius 1 is 0.725 bits per heavy atom. The van der Waals surface area contributed by atoms with Gasteiger partial charge in [-0.05, 0) is 58.8 Å². The summed E-state index contributed by atoms with van der Waals surface area (Å²) in [6.45, 7) is 18.7. The summed E-state index contributed by atoms with van der Waals surface area (Å²) in [7, 11) is -1.04. The first-order valence-electron chi connectivity index (χ1n) is 15.2. The summed E-state index contributed by atoms with van der Waals surface area (Å²) >= 11 is 5.35. The van der Waals surface area contributed by atoms with Gasteiger partial charge in [-0.25, -0.2) is 0 Å². The Labute approximate surface area is 272 Å². The van der Waals surface area contributed by atoms with Crippen LogP contribution >= 0.6 is 53.3 Å². The largest absolute Gasteiger partial charge is 0.463 e. The van der Waals surface area contributed by atoms with Crippen LogP contribution in [0.3, 0.4) is 0 Å². The summed E-state index contributed by atoms with van der Waals surface area (Å²) in [6.07, 6.45) is 6.94. The lowest BCUT2D eigenvalue weighted by molar-refractivity contribution is 0.482. The lowest BCUT2D eigenvalue weighted by Crippen LogP contribution is -2.33. The quantitative estimate of drug-likeness (QED) is 0.107. The minimum absolute atomic E-state index is 0.0411. The fourth-order valence-electron chi connectivity index (χ4n) is 5.63. The molecule has 0 saturated carbocycles. The molecule has 0 saturated heterocycles. The summed E-state index contributed by atoms with van der Waals surface area (Å²) in [5.74, 6) is 1.10. The predicted octanol–water partition coefficient (Wildman–Crippen LogP) is 12.0. The van der Waals surface area contributed by atoms with E-state index in [4.69, 9.17) is 4.52 Å². The maximum atomic E-state index is 7.42. The SMILES string of the molecule is CCCC(I)c1ccc(P2Oc3c(cccc3C(C)(C)CC)-c3cccc(C(C)(C)CC)c32)c(C(I)CCC)c1. The van der Waals surface area contributed by atoms with E-state index in [0.29, 0.717) is 7.85 Å². The van der Waals surface area contributed by atoms with Gasteiger partial charge in [0.05, 0.1) is 0 Å². The first-order chi connectivity index (χ1) is 19.0. The van der Waals surface area contributed by atoms with E-state index in [2.05, 4.69) is 155 Å². The zero-order valence-electron chi connectivity index (χ0n) is 25.7. The molecule has 0 fully saturated rings. The van der Waals surface area contributed by atoms with Crippen molar-refractivity contribution in [1.82, 2.24) is 0 Å². The van der Waals surface area contributed by atoms with Gasteiger partial charge in [-0.2, -0.15) is 0 Å². The molecule has 4 heteroatoms. The Hall–Kier alpha value is -0.650. The van der Waals surface area contributed by atoms with Crippen LogP contribution in [0, 0.1) is 0 Å². The Morgan fingerprint density at radius 2 is 1.30 bits per heavy atom. The number of hydrogen-bond donors (Lipinski definition) is 0. The number of rotatable bonds is 11. The highest BCUT2D eigenvalue weighted by Gasteiger charge is 2.38. The predicted molar refractivity (Wildman–Crippen MR) is 195 cm³/mol. The molecule has 1 heterocycles. The molecule has 0 amide bonds. The highest BCUT2D eigenvalue weighted by molar-refractivity contribution is 14.1. The molecule has 1 aliphatic rings. The fourth-order valence-corrected chi connectivity index (χ4v) is 10.5. The standard InChI is InChI=1S/C36H47I2OP/c1-9-15-30(37)24-21-22-32(27(23-24)31(38)16-10-2)40-34-26(18-14-20-29(34)36(7,8)12-4)25-17-13-19-28(33(25)39-40)35(5,6)11-3/h13-14,17-23,30-31H,9-12,15-16H2,1-8H3. The van der Waals surface area contributed by atoms with Crippen molar-refractivity contribution < 1.29 is 4.52 Å². The van der Waals surface area contributed by atoms with E-state index in [-0.39, 0.29) is 10.8 Å². The third kappa shape index (κ3) is 6.32. The lowest BCUT2D eigenvalue weighted by atomic mass is 9.79. The molecule has 1 aliphatic heterocycles. The van der Waals surface area contributed by atoms with Crippen LogP contribution in [0.5, 0.6) is 5.75 Å².